The smallest absolute Gasteiger partial charge is 0.322 e. The summed E-state index contributed by atoms with van der Waals surface area (Å²) >= 11 is 0. The molecule has 4 rings (SSSR count). The molecule has 0 spiro atoms. The van der Waals surface area contributed by atoms with Gasteiger partial charge in [0.25, 0.3) is 5.56 Å². The molecule has 0 aliphatic carbocycles. The number of para-hydroxylation sites is 2. The molecule has 0 aliphatic heterocycles. The zero-order chi connectivity index (χ0) is 24.1. The summed E-state index contributed by atoms with van der Waals surface area (Å²) in [6.45, 7) is 4.72. The summed E-state index contributed by atoms with van der Waals surface area (Å²) < 4.78 is 5.38. The number of pyridine rings is 1. The molecular formula is C28H29N3O3. The van der Waals surface area contributed by atoms with Crippen LogP contribution in [0.25, 0.3) is 10.9 Å². The largest absolute Gasteiger partial charge is 0.495 e. The number of aromatic amines is 1. The van der Waals surface area contributed by atoms with Gasteiger partial charge >= 0.3 is 6.03 Å². The van der Waals surface area contributed by atoms with Crippen molar-refractivity contribution in [3.63, 3.8) is 0 Å². The Balaban J connectivity index is 1.63. The van der Waals surface area contributed by atoms with Gasteiger partial charge in [0.1, 0.15) is 5.75 Å². The fourth-order valence-corrected chi connectivity index (χ4v) is 4.03. The van der Waals surface area contributed by atoms with Crippen LogP contribution in [0, 0.1) is 13.8 Å². The van der Waals surface area contributed by atoms with Crippen LogP contribution in [0.4, 0.5) is 10.5 Å². The van der Waals surface area contributed by atoms with Crippen molar-refractivity contribution in [3.05, 3.63) is 105 Å². The van der Waals surface area contributed by atoms with E-state index in [-0.39, 0.29) is 18.1 Å². The third-order valence-corrected chi connectivity index (χ3v) is 5.99. The molecule has 0 radical (unpaired) electrons. The van der Waals surface area contributed by atoms with Gasteiger partial charge in [-0.2, -0.15) is 0 Å². The molecule has 0 bridgehead atoms. The molecule has 0 fully saturated rings. The van der Waals surface area contributed by atoms with Gasteiger partial charge in [-0.3, -0.25) is 4.79 Å². The number of carbonyl (C=O) groups is 1. The molecule has 0 atom stereocenters. The Morgan fingerprint density at radius 2 is 1.74 bits per heavy atom. The number of amides is 2. The molecule has 174 valence electrons. The average molecular weight is 456 g/mol. The number of fused-ring (bicyclic) bond motifs is 1. The third kappa shape index (κ3) is 5.29. The van der Waals surface area contributed by atoms with Gasteiger partial charge in [0.15, 0.2) is 0 Å². The number of nitrogens with one attached hydrogen (secondary N) is 2. The first-order chi connectivity index (χ1) is 16.4. The van der Waals surface area contributed by atoms with Crippen LogP contribution in [-0.4, -0.2) is 29.6 Å². The lowest BCUT2D eigenvalue weighted by atomic mass is 10.1. The Kier molecular flexibility index (Phi) is 6.97. The molecule has 34 heavy (non-hydrogen) atoms. The second kappa shape index (κ2) is 10.3. The fraction of sp³-hybridized carbons (Fsp3) is 0.214. The van der Waals surface area contributed by atoms with Gasteiger partial charge < -0.3 is 19.9 Å². The highest BCUT2D eigenvalue weighted by Gasteiger charge is 2.18. The predicted molar refractivity (Wildman–Crippen MR) is 137 cm³/mol. The van der Waals surface area contributed by atoms with Crippen LogP contribution in [0.15, 0.2) is 77.6 Å². The SMILES string of the molecule is COc1ccccc1NC(=O)N(CCc1ccccc1C)Cc1cc2cc(C)ccc2[nH]c1=O. The van der Waals surface area contributed by atoms with Gasteiger partial charge in [-0.15, -0.1) is 0 Å². The van der Waals surface area contributed by atoms with Crippen molar-refractivity contribution in [2.75, 3.05) is 19.0 Å². The number of ether oxygens (including phenoxy) is 1. The number of aromatic nitrogens is 1. The number of benzene rings is 3. The van der Waals surface area contributed by atoms with E-state index in [9.17, 15) is 9.59 Å². The van der Waals surface area contributed by atoms with E-state index in [1.807, 2.05) is 55.5 Å². The van der Waals surface area contributed by atoms with Gasteiger partial charge in [-0.05, 0) is 67.1 Å². The maximum Gasteiger partial charge on any atom is 0.322 e. The predicted octanol–water partition coefficient (Wildman–Crippen LogP) is 5.43. The first kappa shape index (κ1) is 23.1. The minimum atomic E-state index is -0.290. The van der Waals surface area contributed by atoms with Crippen LogP contribution in [0.3, 0.4) is 0 Å². The lowest BCUT2D eigenvalue weighted by Crippen LogP contribution is -2.37. The minimum Gasteiger partial charge on any atom is -0.495 e. The molecule has 2 amide bonds. The van der Waals surface area contributed by atoms with Crippen molar-refractivity contribution in [3.8, 4) is 5.75 Å². The normalized spacial score (nSPS) is 10.8. The maximum absolute atomic E-state index is 13.4. The zero-order valence-corrected chi connectivity index (χ0v) is 19.7. The Hall–Kier alpha value is -4.06. The Labute approximate surface area is 199 Å². The highest BCUT2D eigenvalue weighted by molar-refractivity contribution is 5.91. The molecule has 0 unspecified atom stereocenters. The Morgan fingerprint density at radius 1 is 0.971 bits per heavy atom. The van der Waals surface area contributed by atoms with Gasteiger partial charge in [0, 0.05) is 17.6 Å². The van der Waals surface area contributed by atoms with Crippen LogP contribution < -0.4 is 15.6 Å². The number of urea groups is 1. The van der Waals surface area contributed by atoms with Crippen molar-refractivity contribution in [2.24, 2.45) is 0 Å². The lowest BCUT2D eigenvalue weighted by Gasteiger charge is -2.24. The summed E-state index contributed by atoms with van der Waals surface area (Å²) in [4.78, 5) is 30.8. The Bertz CT molecular complexity index is 1380. The van der Waals surface area contributed by atoms with Crippen LogP contribution in [0.1, 0.15) is 22.3 Å². The molecule has 1 aromatic heterocycles. The summed E-state index contributed by atoms with van der Waals surface area (Å²) in [5.41, 5.74) is 5.16. The van der Waals surface area contributed by atoms with Gasteiger partial charge in [-0.25, -0.2) is 4.79 Å². The van der Waals surface area contributed by atoms with Gasteiger partial charge in [0.2, 0.25) is 0 Å². The quantitative estimate of drug-likeness (QED) is 0.390. The average Bonchev–Trinajstić information content (AvgIpc) is 2.83. The molecule has 0 aliphatic rings. The number of hydrogen-bond donors (Lipinski definition) is 2. The summed E-state index contributed by atoms with van der Waals surface area (Å²) in [6, 6.07) is 22.9. The van der Waals surface area contributed by atoms with Crippen LogP contribution in [0.5, 0.6) is 5.75 Å². The number of anilines is 1. The van der Waals surface area contributed by atoms with Crippen LogP contribution >= 0.6 is 0 Å². The van der Waals surface area contributed by atoms with Crippen LogP contribution in [-0.2, 0) is 13.0 Å². The highest BCUT2D eigenvalue weighted by Crippen LogP contribution is 2.24. The standard InChI is InChI=1S/C28H29N3O3/c1-19-12-13-24-22(16-19)17-23(27(32)29-24)18-31(15-14-21-9-5-4-8-20(21)2)28(33)30-25-10-6-7-11-26(25)34-3/h4-13,16-17H,14-15,18H2,1-3H3,(H,29,32)(H,30,33). The third-order valence-electron chi connectivity index (χ3n) is 5.99. The summed E-state index contributed by atoms with van der Waals surface area (Å²) in [7, 11) is 1.57. The van der Waals surface area contributed by atoms with E-state index in [1.54, 1.807) is 24.1 Å². The van der Waals surface area contributed by atoms with E-state index in [1.165, 1.54) is 11.1 Å². The number of rotatable bonds is 7. The van der Waals surface area contributed by atoms with Gasteiger partial charge in [0.05, 0.1) is 19.3 Å². The first-order valence-corrected chi connectivity index (χ1v) is 11.3. The molecule has 0 saturated heterocycles. The second-order valence-electron chi connectivity index (χ2n) is 8.44. The monoisotopic (exact) mass is 455 g/mol. The summed E-state index contributed by atoms with van der Waals surface area (Å²) in [5, 5.41) is 3.89. The second-order valence-corrected chi connectivity index (χ2v) is 8.44. The lowest BCUT2D eigenvalue weighted by molar-refractivity contribution is 0.209. The van der Waals surface area contributed by atoms with E-state index in [0.29, 0.717) is 30.0 Å². The number of nitrogens with zero attached hydrogens (tertiary/aromatic N) is 1. The minimum absolute atomic E-state index is 0.187. The number of hydrogen-bond acceptors (Lipinski definition) is 3. The molecular weight excluding hydrogens is 426 g/mol. The molecule has 4 aromatic rings. The topological polar surface area (TPSA) is 74.4 Å². The van der Waals surface area contributed by atoms with E-state index in [4.69, 9.17) is 4.74 Å². The first-order valence-electron chi connectivity index (χ1n) is 11.3. The molecule has 1 heterocycles. The number of methoxy groups -OCH3 is 1. The van der Waals surface area contributed by atoms with E-state index < -0.39 is 0 Å². The molecule has 2 N–H and O–H groups in total. The molecule has 6 heteroatoms. The van der Waals surface area contributed by atoms with E-state index in [2.05, 4.69) is 29.4 Å². The number of H-pyrrole nitrogens is 1. The molecule has 0 saturated carbocycles. The van der Waals surface area contributed by atoms with Crippen molar-refractivity contribution in [1.29, 1.82) is 0 Å². The zero-order valence-electron chi connectivity index (χ0n) is 19.7. The summed E-state index contributed by atoms with van der Waals surface area (Å²) in [5.74, 6) is 0.578. The maximum atomic E-state index is 13.4. The number of aryl methyl sites for hydroxylation is 2. The van der Waals surface area contributed by atoms with Crippen molar-refractivity contribution in [2.45, 2.75) is 26.8 Å². The summed E-state index contributed by atoms with van der Waals surface area (Å²) in [6.07, 6.45) is 0.677. The van der Waals surface area contributed by atoms with Crippen molar-refractivity contribution in [1.82, 2.24) is 9.88 Å². The highest BCUT2D eigenvalue weighted by atomic mass is 16.5. The van der Waals surface area contributed by atoms with Crippen LogP contribution in [0.2, 0.25) is 0 Å². The number of carbonyl (C=O) groups excluding carboxylic acids is 1. The van der Waals surface area contributed by atoms with Gasteiger partial charge in [-0.1, -0.05) is 48.0 Å². The van der Waals surface area contributed by atoms with Crippen molar-refractivity contribution >= 4 is 22.6 Å². The fourth-order valence-electron chi connectivity index (χ4n) is 4.03. The molecule has 6 nitrogen and oxygen atoms in total. The van der Waals surface area contributed by atoms with E-state index >= 15 is 0 Å². The Morgan fingerprint density at radius 3 is 2.53 bits per heavy atom. The van der Waals surface area contributed by atoms with E-state index in [0.717, 1.165) is 16.5 Å². The van der Waals surface area contributed by atoms with Crippen molar-refractivity contribution < 1.29 is 9.53 Å². The molecule has 3 aromatic carbocycles.